The largest absolute Gasteiger partial charge is 0.487 e. The molecule has 0 radical (unpaired) electrons. The molecule has 1 amide bonds. The maximum atomic E-state index is 12.5. The van der Waals surface area contributed by atoms with Crippen LogP contribution in [-0.4, -0.2) is 39.0 Å². The van der Waals surface area contributed by atoms with Crippen molar-refractivity contribution in [3.8, 4) is 5.75 Å². The number of hydrogen-bond acceptors (Lipinski definition) is 4. The zero-order chi connectivity index (χ0) is 18.9. The molecule has 1 saturated heterocycles. The molecular weight excluding hydrogens is 346 g/mol. The molecule has 1 aromatic carbocycles. The van der Waals surface area contributed by atoms with E-state index in [4.69, 9.17) is 4.74 Å². The number of rotatable bonds is 3. The Bertz CT molecular complexity index is 954. The number of piperidine rings is 1. The zero-order valence-corrected chi connectivity index (χ0v) is 15.1. The van der Waals surface area contributed by atoms with Gasteiger partial charge in [0.05, 0.1) is 0 Å². The highest BCUT2D eigenvalue weighted by Gasteiger charge is 2.40. The van der Waals surface area contributed by atoms with Gasteiger partial charge in [0.1, 0.15) is 11.4 Å². The molecule has 7 heteroatoms. The number of H-pyrrole nitrogens is 1. The first-order valence-corrected chi connectivity index (χ1v) is 9.39. The Labute approximate surface area is 156 Å². The van der Waals surface area contributed by atoms with Crippen molar-refractivity contribution in [1.29, 1.82) is 0 Å². The highest BCUT2D eigenvalue weighted by Crippen LogP contribution is 2.39. The van der Waals surface area contributed by atoms with Gasteiger partial charge in [-0.15, -0.1) is 0 Å². The molecule has 142 valence electrons. The van der Waals surface area contributed by atoms with Gasteiger partial charge in [-0.1, -0.05) is 18.2 Å². The van der Waals surface area contributed by atoms with Crippen LogP contribution in [0, 0.1) is 0 Å². The summed E-state index contributed by atoms with van der Waals surface area (Å²) in [7, 11) is 0. The van der Waals surface area contributed by atoms with Crippen molar-refractivity contribution in [2.24, 2.45) is 0 Å². The number of aromatic nitrogens is 2. The number of fused-ring (bicyclic) bond motifs is 1. The molecule has 2 aromatic rings. The highest BCUT2D eigenvalue weighted by atomic mass is 16.5. The minimum absolute atomic E-state index is 0.0270. The van der Waals surface area contributed by atoms with Crippen molar-refractivity contribution in [3.05, 3.63) is 62.9 Å². The number of nitrogens with zero attached hydrogens (tertiary/aromatic N) is 2. The fourth-order valence-electron chi connectivity index (χ4n) is 3.97. The molecule has 27 heavy (non-hydrogen) atoms. The van der Waals surface area contributed by atoms with E-state index in [1.54, 1.807) is 0 Å². The van der Waals surface area contributed by atoms with Crippen LogP contribution in [0.2, 0.25) is 0 Å². The summed E-state index contributed by atoms with van der Waals surface area (Å²) in [4.78, 5) is 39.4. The second-order valence-corrected chi connectivity index (χ2v) is 7.33. The first-order chi connectivity index (χ1) is 13.0. The molecule has 1 N–H and O–H groups in total. The predicted molar refractivity (Wildman–Crippen MR) is 99.9 cm³/mol. The van der Waals surface area contributed by atoms with Crippen molar-refractivity contribution in [3.63, 3.8) is 0 Å². The molecule has 7 nitrogen and oxygen atoms in total. The van der Waals surface area contributed by atoms with Gasteiger partial charge in [-0.2, -0.15) is 0 Å². The number of carbonyl (C=O) groups is 1. The molecular formula is C20H23N3O4. The maximum absolute atomic E-state index is 12.5. The topological polar surface area (TPSA) is 84.4 Å². The lowest BCUT2D eigenvalue weighted by atomic mass is 9.83. The van der Waals surface area contributed by atoms with Gasteiger partial charge in [-0.05, 0) is 24.5 Å². The summed E-state index contributed by atoms with van der Waals surface area (Å²) in [6.45, 7) is 1.60. The predicted octanol–water partition coefficient (Wildman–Crippen LogP) is 1.31. The third-order valence-electron chi connectivity index (χ3n) is 5.64. The number of aromatic amines is 1. The molecule has 0 saturated carbocycles. The van der Waals surface area contributed by atoms with Crippen molar-refractivity contribution < 1.29 is 9.53 Å². The smallest absolute Gasteiger partial charge is 0.328 e. The summed E-state index contributed by atoms with van der Waals surface area (Å²) in [6.07, 6.45) is 5.31. The third-order valence-corrected chi connectivity index (χ3v) is 5.64. The number of likely N-dealkylation sites (tertiary alicyclic amines) is 1. The Morgan fingerprint density at radius 3 is 2.67 bits per heavy atom. The van der Waals surface area contributed by atoms with E-state index in [-0.39, 0.29) is 24.5 Å². The normalized spacial score (nSPS) is 18.0. The molecule has 3 heterocycles. The summed E-state index contributed by atoms with van der Waals surface area (Å²) in [6, 6.07) is 9.45. The minimum atomic E-state index is -0.484. The summed E-state index contributed by atoms with van der Waals surface area (Å²) >= 11 is 0. The first kappa shape index (κ1) is 17.6. The highest BCUT2D eigenvalue weighted by molar-refractivity contribution is 5.76. The lowest BCUT2D eigenvalue weighted by Crippen LogP contribution is -2.51. The number of ether oxygens (including phenoxy) is 1. The van der Waals surface area contributed by atoms with Crippen LogP contribution in [0.1, 0.15) is 31.2 Å². The summed E-state index contributed by atoms with van der Waals surface area (Å²) in [5.74, 6) is 1.00. The lowest BCUT2D eigenvalue weighted by Gasteiger charge is -2.44. The molecule has 2 aliphatic rings. The zero-order valence-electron chi connectivity index (χ0n) is 15.1. The number of hydrogen-bond donors (Lipinski definition) is 1. The van der Waals surface area contributed by atoms with Crippen LogP contribution in [-0.2, 0) is 17.8 Å². The Balaban J connectivity index is 1.33. The standard InChI is InChI=1S/C20H23N3O4/c24-17-6-11-23(19(26)21-17)12-7-18(25)22-13-9-20(10-14-22)8-5-15-3-1-2-4-16(15)27-20/h1-4,6,11H,5,7-10,12-14H2,(H,21,24,26). The van der Waals surface area contributed by atoms with E-state index in [1.165, 1.54) is 22.4 Å². The van der Waals surface area contributed by atoms with Crippen LogP contribution in [0.5, 0.6) is 5.75 Å². The number of para-hydroxylation sites is 1. The second-order valence-electron chi connectivity index (χ2n) is 7.33. The molecule has 0 unspecified atom stereocenters. The van der Waals surface area contributed by atoms with Crippen LogP contribution in [0.3, 0.4) is 0 Å². The van der Waals surface area contributed by atoms with E-state index in [1.807, 2.05) is 23.1 Å². The van der Waals surface area contributed by atoms with Gasteiger partial charge in [-0.3, -0.25) is 14.6 Å². The molecule has 0 aliphatic carbocycles. The number of amides is 1. The quantitative estimate of drug-likeness (QED) is 0.884. The lowest BCUT2D eigenvalue weighted by molar-refractivity contribution is -0.135. The Kier molecular flexibility index (Phi) is 4.59. The molecule has 0 bridgehead atoms. The SMILES string of the molecule is O=C(CCn1ccc(=O)[nH]c1=O)N1CCC2(CCc3ccccc3O2)CC1. The van der Waals surface area contributed by atoms with Crippen molar-refractivity contribution in [2.45, 2.75) is 44.2 Å². The van der Waals surface area contributed by atoms with E-state index in [2.05, 4.69) is 11.1 Å². The third kappa shape index (κ3) is 3.67. The van der Waals surface area contributed by atoms with Crippen LogP contribution in [0.15, 0.2) is 46.1 Å². The van der Waals surface area contributed by atoms with Crippen LogP contribution in [0.25, 0.3) is 0 Å². The van der Waals surface area contributed by atoms with E-state index in [0.717, 1.165) is 31.4 Å². The van der Waals surface area contributed by atoms with Gasteiger partial charge in [0.15, 0.2) is 0 Å². The molecule has 1 spiro atoms. The number of benzene rings is 1. The van der Waals surface area contributed by atoms with Crippen molar-refractivity contribution >= 4 is 5.91 Å². The van der Waals surface area contributed by atoms with Crippen LogP contribution < -0.4 is 16.0 Å². The van der Waals surface area contributed by atoms with Gasteiger partial charge < -0.3 is 14.2 Å². The molecule has 1 aromatic heterocycles. The van der Waals surface area contributed by atoms with E-state index in [0.29, 0.717) is 13.1 Å². The average Bonchev–Trinajstić information content (AvgIpc) is 2.67. The fraction of sp³-hybridized carbons (Fsp3) is 0.450. The fourth-order valence-corrected chi connectivity index (χ4v) is 3.97. The van der Waals surface area contributed by atoms with Crippen LogP contribution >= 0.6 is 0 Å². The van der Waals surface area contributed by atoms with Gasteiger partial charge in [0, 0.05) is 51.2 Å². The van der Waals surface area contributed by atoms with Gasteiger partial charge in [0.25, 0.3) is 5.56 Å². The summed E-state index contributed by atoms with van der Waals surface area (Å²) in [5.41, 5.74) is 0.175. The molecule has 0 atom stereocenters. The van der Waals surface area contributed by atoms with Gasteiger partial charge in [0.2, 0.25) is 5.91 Å². The molecule has 4 rings (SSSR count). The summed E-state index contributed by atoms with van der Waals surface area (Å²) in [5, 5.41) is 0. The Hall–Kier alpha value is -2.83. The first-order valence-electron chi connectivity index (χ1n) is 9.39. The van der Waals surface area contributed by atoms with E-state index >= 15 is 0 Å². The number of aryl methyl sites for hydroxylation is 2. The van der Waals surface area contributed by atoms with Crippen molar-refractivity contribution in [2.75, 3.05) is 13.1 Å². The average molecular weight is 369 g/mol. The summed E-state index contributed by atoms with van der Waals surface area (Å²) < 4.78 is 7.68. The molecule has 2 aliphatic heterocycles. The van der Waals surface area contributed by atoms with E-state index < -0.39 is 11.2 Å². The minimum Gasteiger partial charge on any atom is -0.487 e. The van der Waals surface area contributed by atoms with E-state index in [9.17, 15) is 14.4 Å². The Morgan fingerprint density at radius 1 is 1.11 bits per heavy atom. The van der Waals surface area contributed by atoms with Gasteiger partial charge >= 0.3 is 5.69 Å². The Morgan fingerprint density at radius 2 is 1.89 bits per heavy atom. The number of carbonyl (C=O) groups excluding carboxylic acids is 1. The van der Waals surface area contributed by atoms with Gasteiger partial charge in [-0.25, -0.2) is 4.79 Å². The maximum Gasteiger partial charge on any atom is 0.328 e. The van der Waals surface area contributed by atoms with Crippen molar-refractivity contribution in [1.82, 2.24) is 14.5 Å². The monoisotopic (exact) mass is 369 g/mol. The second kappa shape index (κ2) is 7.06. The number of nitrogens with one attached hydrogen (secondary N) is 1. The molecule has 1 fully saturated rings. The van der Waals surface area contributed by atoms with Crippen LogP contribution in [0.4, 0.5) is 0 Å².